The van der Waals surface area contributed by atoms with Crippen molar-refractivity contribution >= 4 is 17.7 Å². The number of benzene rings is 1. The van der Waals surface area contributed by atoms with Crippen molar-refractivity contribution in [2.45, 2.75) is 67.7 Å². The van der Waals surface area contributed by atoms with Crippen LogP contribution in [-0.2, 0) is 6.18 Å². The number of likely N-dealkylation sites (N-methyl/N-ethyl adjacent to an activating group) is 1. The number of hydrogen-bond acceptors (Lipinski definition) is 4. The first-order valence-electron chi connectivity index (χ1n) is 9.54. The highest BCUT2D eigenvalue weighted by molar-refractivity contribution is 7.98. The molecule has 1 N–H and O–H groups in total. The Hall–Kier alpha value is -1.41. The average Bonchev–Trinajstić information content (AvgIpc) is 2.92. The number of fused-ring (bicyclic) bond motifs is 2. The van der Waals surface area contributed by atoms with E-state index in [0.717, 1.165) is 56.0 Å². The fourth-order valence-corrected chi connectivity index (χ4v) is 5.49. The maximum atomic E-state index is 13.3. The van der Waals surface area contributed by atoms with Gasteiger partial charge in [0.25, 0.3) is 5.91 Å². The number of hydrogen-bond donors (Lipinski definition) is 1. The fourth-order valence-electron chi connectivity index (χ4n) is 4.85. The van der Waals surface area contributed by atoms with Crippen LogP contribution in [-0.4, -0.2) is 48.8 Å². The van der Waals surface area contributed by atoms with Gasteiger partial charge < -0.3 is 10.1 Å². The number of nitrogens with zero attached hydrogens (tertiary/aromatic N) is 1. The number of piperidine rings is 1. The standard InChI is InChI=1S/C20H27F3N2O2S/c1-5-19(9-8-13-6-7-16(19)25(13)2)24-18(26)17-14(27-3)10-12(20(21,22)23)11-15(17)28-4/h10-11,13,16H,5-9H2,1-4H3,(H,24,26). The van der Waals surface area contributed by atoms with Crippen molar-refractivity contribution < 1.29 is 22.7 Å². The summed E-state index contributed by atoms with van der Waals surface area (Å²) in [6.45, 7) is 2.06. The van der Waals surface area contributed by atoms with Crippen LogP contribution in [0.2, 0.25) is 0 Å². The second-order valence-electron chi connectivity index (χ2n) is 7.67. The Balaban J connectivity index is 1.97. The van der Waals surface area contributed by atoms with Crippen molar-refractivity contribution in [1.82, 2.24) is 10.2 Å². The topological polar surface area (TPSA) is 41.6 Å². The lowest BCUT2D eigenvalue weighted by Crippen LogP contribution is -2.63. The van der Waals surface area contributed by atoms with Crippen LogP contribution < -0.4 is 10.1 Å². The van der Waals surface area contributed by atoms with E-state index < -0.39 is 11.7 Å². The molecule has 3 rings (SSSR count). The Morgan fingerprint density at radius 3 is 2.64 bits per heavy atom. The molecule has 2 aliphatic heterocycles. The van der Waals surface area contributed by atoms with Crippen molar-refractivity contribution in [1.29, 1.82) is 0 Å². The van der Waals surface area contributed by atoms with Gasteiger partial charge in [0.15, 0.2) is 0 Å². The van der Waals surface area contributed by atoms with Gasteiger partial charge in [0.05, 0.1) is 23.8 Å². The van der Waals surface area contributed by atoms with Gasteiger partial charge in [0.2, 0.25) is 0 Å². The molecule has 28 heavy (non-hydrogen) atoms. The van der Waals surface area contributed by atoms with E-state index in [9.17, 15) is 18.0 Å². The molecule has 3 atom stereocenters. The van der Waals surface area contributed by atoms with Crippen molar-refractivity contribution in [2.24, 2.45) is 0 Å². The number of alkyl halides is 3. The molecular weight excluding hydrogens is 389 g/mol. The predicted molar refractivity (Wildman–Crippen MR) is 104 cm³/mol. The smallest absolute Gasteiger partial charge is 0.416 e. The van der Waals surface area contributed by atoms with E-state index in [1.165, 1.54) is 7.11 Å². The quantitative estimate of drug-likeness (QED) is 0.714. The van der Waals surface area contributed by atoms with Crippen LogP contribution in [0.1, 0.15) is 54.9 Å². The summed E-state index contributed by atoms with van der Waals surface area (Å²) in [7, 11) is 3.39. The Labute approximate surface area is 168 Å². The van der Waals surface area contributed by atoms with Crippen molar-refractivity contribution in [3.63, 3.8) is 0 Å². The SMILES string of the molecule is CCC1(NC(=O)c2c(OC)cc(C(F)(F)F)cc2SC)CCC2CCC1N2C. The molecule has 2 heterocycles. The molecule has 156 valence electrons. The summed E-state index contributed by atoms with van der Waals surface area (Å²) in [5.41, 5.74) is -1.01. The minimum atomic E-state index is -4.50. The molecule has 2 saturated heterocycles. The minimum Gasteiger partial charge on any atom is -0.496 e. The van der Waals surface area contributed by atoms with Crippen molar-refractivity contribution in [3.8, 4) is 5.75 Å². The molecule has 2 aliphatic rings. The van der Waals surface area contributed by atoms with Crippen LogP contribution in [0.3, 0.4) is 0 Å². The molecule has 0 aliphatic carbocycles. The number of carbonyl (C=O) groups excluding carboxylic acids is 1. The number of rotatable bonds is 5. The highest BCUT2D eigenvalue weighted by Crippen LogP contribution is 2.43. The first kappa shape index (κ1) is 21.3. The molecule has 8 heteroatoms. The lowest BCUT2D eigenvalue weighted by molar-refractivity contribution is -0.137. The highest BCUT2D eigenvalue weighted by atomic mass is 32.2. The van der Waals surface area contributed by atoms with Crippen molar-refractivity contribution in [2.75, 3.05) is 20.4 Å². The molecule has 4 nitrogen and oxygen atoms in total. The summed E-state index contributed by atoms with van der Waals surface area (Å²) in [5.74, 6) is -0.410. The van der Waals surface area contributed by atoms with Gasteiger partial charge >= 0.3 is 6.18 Å². The summed E-state index contributed by atoms with van der Waals surface area (Å²) in [6, 6.07) is 2.74. The van der Waals surface area contributed by atoms with E-state index in [4.69, 9.17) is 4.74 Å². The zero-order valence-corrected chi connectivity index (χ0v) is 17.5. The number of ether oxygens (including phenoxy) is 1. The molecule has 0 spiro atoms. The zero-order valence-electron chi connectivity index (χ0n) is 16.7. The lowest BCUT2D eigenvalue weighted by Gasteiger charge is -2.47. The highest BCUT2D eigenvalue weighted by Gasteiger charge is 2.50. The molecule has 0 radical (unpaired) electrons. The summed E-state index contributed by atoms with van der Waals surface area (Å²) >= 11 is 1.12. The van der Waals surface area contributed by atoms with Crippen LogP contribution in [0.15, 0.2) is 17.0 Å². The van der Waals surface area contributed by atoms with E-state index >= 15 is 0 Å². The normalized spacial score (nSPS) is 27.7. The second-order valence-corrected chi connectivity index (χ2v) is 8.52. The molecule has 1 aromatic rings. The molecule has 2 bridgehead atoms. The van der Waals surface area contributed by atoms with Gasteiger partial charge in [-0.3, -0.25) is 9.69 Å². The Morgan fingerprint density at radius 1 is 1.36 bits per heavy atom. The summed E-state index contributed by atoms with van der Waals surface area (Å²) in [4.78, 5) is 15.9. The van der Waals surface area contributed by atoms with E-state index in [1.54, 1.807) is 6.26 Å². The molecule has 1 aromatic carbocycles. The monoisotopic (exact) mass is 416 g/mol. The Kier molecular flexibility index (Phi) is 5.92. The van der Waals surface area contributed by atoms with Gasteiger partial charge in [0.1, 0.15) is 5.75 Å². The van der Waals surface area contributed by atoms with Gasteiger partial charge in [0, 0.05) is 17.0 Å². The van der Waals surface area contributed by atoms with Crippen LogP contribution in [0.4, 0.5) is 13.2 Å². The first-order chi connectivity index (χ1) is 13.2. The number of nitrogens with one attached hydrogen (secondary N) is 1. The molecule has 2 fully saturated rings. The minimum absolute atomic E-state index is 0.0450. The summed E-state index contributed by atoms with van der Waals surface area (Å²) in [6.07, 6.45) is 1.98. The van der Waals surface area contributed by atoms with Gasteiger partial charge in [-0.15, -0.1) is 11.8 Å². The van der Waals surface area contributed by atoms with E-state index in [2.05, 4.69) is 24.2 Å². The van der Waals surface area contributed by atoms with Crippen molar-refractivity contribution in [3.05, 3.63) is 23.3 Å². The number of thioether (sulfide) groups is 1. The predicted octanol–water partition coefficient (Wildman–Crippen LogP) is 4.57. The number of methoxy groups -OCH3 is 1. The van der Waals surface area contributed by atoms with E-state index in [0.29, 0.717) is 6.04 Å². The third kappa shape index (κ3) is 3.61. The third-order valence-electron chi connectivity index (χ3n) is 6.46. The molecule has 3 unspecified atom stereocenters. The molecule has 0 saturated carbocycles. The lowest BCUT2D eigenvalue weighted by atomic mass is 9.79. The van der Waals surface area contributed by atoms with Gasteiger partial charge in [-0.1, -0.05) is 6.92 Å². The summed E-state index contributed by atoms with van der Waals surface area (Å²) in [5, 5.41) is 3.21. The van der Waals surface area contributed by atoms with Crippen LogP contribution in [0.5, 0.6) is 5.75 Å². The Morgan fingerprint density at radius 2 is 2.07 bits per heavy atom. The number of halogens is 3. The molecule has 0 aromatic heterocycles. The number of amides is 1. The van der Waals surface area contributed by atoms with E-state index in [-0.39, 0.29) is 33.7 Å². The van der Waals surface area contributed by atoms with Crippen LogP contribution >= 0.6 is 11.8 Å². The molecule has 1 amide bonds. The van der Waals surface area contributed by atoms with Crippen LogP contribution in [0, 0.1) is 0 Å². The maximum absolute atomic E-state index is 13.3. The maximum Gasteiger partial charge on any atom is 0.416 e. The first-order valence-corrected chi connectivity index (χ1v) is 10.8. The van der Waals surface area contributed by atoms with Gasteiger partial charge in [-0.2, -0.15) is 13.2 Å². The zero-order chi connectivity index (χ0) is 20.7. The fraction of sp³-hybridized carbons (Fsp3) is 0.650. The number of carbonyl (C=O) groups is 1. The Bertz CT molecular complexity index is 730. The second kappa shape index (κ2) is 7.78. The summed E-state index contributed by atoms with van der Waals surface area (Å²) < 4.78 is 44.8. The molecular formula is C20H27F3N2O2S. The van der Waals surface area contributed by atoms with Crippen LogP contribution in [0.25, 0.3) is 0 Å². The largest absolute Gasteiger partial charge is 0.496 e. The average molecular weight is 417 g/mol. The van der Waals surface area contributed by atoms with Gasteiger partial charge in [-0.05, 0) is 57.5 Å². The van der Waals surface area contributed by atoms with Gasteiger partial charge in [-0.25, -0.2) is 0 Å². The third-order valence-corrected chi connectivity index (χ3v) is 7.22. The van der Waals surface area contributed by atoms with E-state index in [1.807, 2.05) is 0 Å².